The smallest absolute Gasteiger partial charge is 0.240 e. The molecule has 0 aliphatic heterocycles. The average Bonchev–Trinajstić information content (AvgIpc) is 2.91. The van der Waals surface area contributed by atoms with Crippen molar-refractivity contribution in [3.05, 3.63) is 59.7 Å². The zero-order valence-electron chi connectivity index (χ0n) is 22.4. The van der Waals surface area contributed by atoms with Crippen LogP contribution in [0.4, 0.5) is 11.4 Å². The van der Waals surface area contributed by atoms with Gasteiger partial charge in [0.15, 0.2) is 0 Å². The Bertz CT molecular complexity index is 919. The van der Waals surface area contributed by atoms with Crippen LogP contribution in [0.3, 0.4) is 0 Å². The first-order chi connectivity index (χ1) is 18.0. The molecule has 0 saturated carbocycles. The Hall–Kier alpha value is -3.33. The van der Waals surface area contributed by atoms with Crippen molar-refractivity contribution >= 4 is 47.4 Å². The lowest BCUT2D eigenvalue weighted by Gasteiger charge is -2.20. The van der Waals surface area contributed by atoms with Crippen LogP contribution in [-0.4, -0.2) is 61.9 Å². The summed E-state index contributed by atoms with van der Waals surface area (Å²) in [6.07, 6.45) is 3.96. The van der Waals surface area contributed by atoms with Crippen LogP contribution in [0.5, 0.6) is 0 Å². The van der Waals surface area contributed by atoms with Crippen LogP contribution in [0.15, 0.2) is 58.7 Å². The van der Waals surface area contributed by atoms with Crippen LogP contribution >= 0.6 is 11.8 Å². The van der Waals surface area contributed by atoms with Crippen molar-refractivity contribution < 1.29 is 9.59 Å². The van der Waals surface area contributed by atoms with E-state index in [4.69, 9.17) is 0 Å². The Kier molecular flexibility index (Phi) is 13.9. The third-order valence-corrected chi connectivity index (χ3v) is 6.78. The van der Waals surface area contributed by atoms with Gasteiger partial charge in [-0.25, -0.2) is 10.9 Å². The van der Waals surface area contributed by atoms with Crippen LogP contribution in [0.25, 0.3) is 0 Å². The lowest BCUT2D eigenvalue weighted by Crippen LogP contribution is -2.21. The van der Waals surface area contributed by atoms with Gasteiger partial charge in [-0.15, -0.1) is 0 Å². The van der Waals surface area contributed by atoms with Crippen molar-refractivity contribution in [2.24, 2.45) is 10.2 Å². The topological polar surface area (TPSA) is 89.4 Å². The fraction of sp³-hybridized carbons (Fsp3) is 0.429. The molecular formula is C28H40N6O2S. The highest BCUT2D eigenvalue weighted by molar-refractivity contribution is 7.99. The zero-order valence-corrected chi connectivity index (χ0v) is 23.3. The second-order valence-electron chi connectivity index (χ2n) is 8.23. The predicted octanol–water partition coefficient (Wildman–Crippen LogP) is 4.49. The summed E-state index contributed by atoms with van der Waals surface area (Å²) in [5.74, 6) is 0.944. The molecule has 0 spiro atoms. The first kappa shape index (κ1) is 29.9. The molecule has 0 heterocycles. The van der Waals surface area contributed by atoms with Gasteiger partial charge < -0.3 is 9.80 Å². The first-order valence-corrected chi connectivity index (χ1v) is 14.1. The highest BCUT2D eigenvalue weighted by Crippen LogP contribution is 2.15. The molecule has 0 bridgehead atoms. The van der Waals surface area contributed by atoms with Crippen LogP contribution in [0, 0.1) is 0 Å². The molecule has 0 unspecified atom stereocenters. The van der Waals surface area contributed by atoms with Gasteiger partial charge in [0, 0.05) is 61.9 Å². The molecule has 0 atom stereocenters. The summed E-state index contributed by atoms with van der Waals surface area (Å²) in [7, 11) is 0. The summed E-state index contributed by atoms with van der Waals surface area (Å²) in [6.45, 7) is 12.4. The minimum Gasteiger partial charge on any atom is -0.372 e. The highest BCUT2D eigenvalue weighted by atomic mass is 32.2. The summed E-state index contributed by atoms with van der Waals surface area (Å²) in [5, 5.41) is 8.07. The number of rotatable bonds is 16. The molecule has 200 valence electrons. The molecule has 8 nitrogen and oxygen atoms in total. The number of benzene rings is 2. The van der Waals surface area contributed by atoms with E-state index in [1.54, 1.807) is 24.2 Å². The second kappa shape index (κ2) is 17.2. The number of amides is 2. The largest absolute Gasteiger partial charge is 0.372 e. The maximum atomic E-state index is 12.0. The standard InChI is InChI=1S/C28H40N6O2S/c1-5-33(6-2)25-13-9-23(10-14-25)21-29-31-27(35)17-19-37-20-18-28(36)32-30-22-24-11-15-26(16-12-24)34(7-3)8-4/h9-16,21-22H,5-8,17-20H2,1-4H3,(H,31,35)(H,32,36)/b29-21+,30-22?. The molecule has 0 saturated heterocycles. The van der Waals surface area contributed by atoms with Gasteiger partial charge in [0.1, 0.15) is 0 Å². The molecule has 0 aliphatic rings. The normalized spacial score (nSPS) is 11.1. The molecule has 2 aromatic carbocycles. The van der Waals surface area contributed by atoms with Crippen molar-refractivity contribution in [1.29, 1.82) is 0 Å². The van der Waals surface area contributed by atoms with E-state index < -0.39 is 0 Å². The Labute approximate surface area is 225 Å². The molecular weight excluding hydrogens is 484 g/mol. The van der Waals surface area contributed by atoms with E-state index in [1.807, 2.05) is 24.3 Å². The number of carbonyl (C=O) groups is 2. The minimum absolute atomic E-state index is 0.149. The molecule has 2 amide bonds. The van der Waals surface area contributed by atoms with Crippen LogP contribution in [0.2, 0.25) is 0 Å². The summed E-state index contributed by atoms with van der Waals surface area (Å²) in [6, 6.07) is 16.2. The predicted molar refractivity (Wildman–Crippen MR) is 158 cm³/mol. The summed E-state index contributed by atoms with van der Waals surface area (Å²) in [5.41, 5.74) is 9.31. The number of anilines is 2. The number of carbonyl (C=O) groups excluding carboxylic acids is 2. The molecule has 2 rings (SSSR count). The third-order valence-electron chi connectivity index (χ3n) is 5.80. The summed E-state index contributed by atoms with van der Waals surface area (Å²) >= 11 is 1.55. The Morgan fingerprint density at radius 3 is 1.35 bits per heavy atom. The zero-order chi connectivity index (χ0) is 26.9. The quantitative estimate of drug-likeness (QED) is 0.192. The molecule has 0 radical (unpaired) electrons. The van der Waals surface area contributed by atoms with Crippen molar-refractivity contribution in [1.82, 2.24) is 10.9 Å². The molecule has 0 fully saturated rings. The number of thioether (sulfide) groups is 1. The van der Waals surface area contributed by atoms with Crippen molar-refractivity contribution in [3.8, 4) is 0 Å². The summed E-state index contributed by atoms with van der Waals surface area (Å²) in [4.78, 5) is 28.5. The molecule has 0 aliphatic carbocycles. The van der Waals surface area contributed by atoms with Gasteiger partial charge in [-0.2, -0.15) is 22.0 Å². The number of nitrogens with zero attached hydrogens (tertiary/aromatic N) is 4. The van der Waals surface area contributed by atoms with Gasteiger partial charge >= 0.3 is 0 Å². The fourth-order valence-corrected chi connectivity index (χ4v) is 4.48. The molecule has 2 N–H and O–H groups in total. The van der Waals surface area contributed by atoms with Gasteiger partial charge in [0.25, 0.3) is 0 Å². The SMILES string of the molecule is CCN(CC)c1ccc(C=NNC(=O)CCSCCC(=O)N/N=C/c2ccc(N(CC)CC)cc2)cc1. The van der Waals surface area contributed by atoms with Gasteiger partial charge in [-0.3, -0.25) is 9.59 Å². The van der Waals surface area contributed by atoms with E-state index in [-0.39, 0.29) is 11.8 Å². The van der Waals surface area contributed by atoms with E-state index in [0.29, 0.717) is 24.3 Å². The van der Waals surface area contributed by atoms with Gasteiger partial charge in [0.05, 0.1) is 12.4 Å². The Balaban J connectivity index is 1.58. The van der Waals surface area contributed by atoms with E-state index in [1.165, 1.54) is 11.4 Å². The Morgan fingerprint density at radius 2 is 1.03 bits per heavy atom. The average molecular weight is 525 g/mol. The molecule has 9 heteroatoms. The maximum absolute atomic E-state index is 12.0. The number of nitrogens with one attached hydrogen (secondary N) is 2. The number of hydrazone groups is 2. The van der Waals surface area contributed by atoms with Gasteiger partial charge in [0.2, 0.25) is 11.8 Å². The molecule has 37 heavy (non-hydrogen) atoms. The monoisotopic (exact) mass is 524 g/mol. The van der Waals surface area contributed by atoms with Crippen LogP contribution < -0.4 is 20.7 Å². The van der Waals surface area contributed by atoms with E-state index >= 15 is 0 Å². The van der Waals surface area contributed by atoms with E-state index in [0.717, 1.165) is 37.3 Å². The lowest BCUT2D eigenvalue weighted by molar-refractivity contribution is -0.121. The number of hydrogen-bond acceptors (Lipinski definition) is 7. The molecule has 2 aromatic rings. The van der Waals surface area contributed by atoms with Gasteiger partial charge in [-0.05, 0) is 63.1 Å². The van der Waals surface area contributed by atoms with E-state index in [9.17, 15) is 9.59 Å². The minimum atomic E-state index is -0.149. The summed E-state index contributed by atoms with van der Waals surface area (Å²) < 4.78 is 0. The van der Waals surface area contributed by atoms with Crippen molar-refractivity contribution in [3.63, 3.8) is 0 Å². The van der Waals surface area contributed by atoms with Crippen LogP contribution in [0.1, 0.15) is 51.7 Å². The third kappa shape index (κ3) is 11.1. The molecule has 0 aromatic heterocycles. The maximum Gasteiger partial charge on any atom is 0.240 e. The lowest BCUT2D eigenvalue weighted by atomic mass is 10.2. The Morgan fingerprint density at radius 1 is 0.676 bits per heavy atom. The van der Waals surface area contributed by atoms with Crippen LogP contribution in [-0.2, 0) is 9.59 Å². The number of hydrogen-bond donors (Lipinski definition) is 2. The highest BCUT2D eigenvalue weighted by Gasteiger charge is 2.04. The van der Waals surface area contributed by atoms with E-state index in [2.05, 4.69) is 82.8 Å². The fourth-order valence-electron chi connectivity index (χ4n) is 3.62. The first-order valence-electron chi connectivity index (χ1n) is 12.9. The van der Waals surface area contributed by atoms with Crippen molar-refractivity contribution in [2.45, 2.75) is 40.5 Å². The van der Waals surface area contributed by atoms with Gasteiger partial charge in [-0.1, -0.05) is 24.3 Å². The van der Waals surface area contributed by atoms with Crippen molar-refractivity contribution in [2.75, 3.05) is 47.5 Å². The second-order valence-corrected chi connectivity index (χ2v) is 9.45.